The van der Waals surface area contributed by atoms with Crippen molar-refractivity contribution < 1.29 is 4.42 Å². The van der Waals surface area contributed by atoms with E-state index in [0.717, 1.165) is 66.5 Å². The lowest BCUT2D eigenvalue weighted by atomic mass is 9.90. The molecule has 4 nitrogen and oxygen atoms in total. The number of furan rings is 1. The van der Waals surface area contributed by atoms with Crippen molar-refractivity contribution in [3.05, 3.63) is 188 Å². The molecule has 0 fully saturated rings. The Kier molecular flexibility index (Phi) is 6.13. The third kappa shape index (κ3) is 4.19. The van der Waals surface area contributed by atoms with Gasteiger partial charge in [-0.05, 0) is 76.1 Å². The number of pyridine rings is 1. The fourth-order valence-electron chi connectivity index (χ4n) is 9.69. The number of benzene rings is 9. The van der Waals surface area contributed by atoms with Crippen LogP contribution >= 0.6 is 0 Å². The van der Waals surface area contributed by atoms with Crippen LogP contribution in [0.15, 0.2) is 192 Å². The van der Waals surface area contributed by atoms with Crippen LogP contribution in [-0.2, 0) is 0 Å². The maximum Gasteiger partial charge on any atom is 0.213 e. The highest BCUT2D eigenvalue weighted by Crippen LogP contribution is 2.45. The quantitative estimate of drug-likeness (QED) is 0.170. The minimum absolute atomic E-state index is 0.833. The van der Waals surface area contributed by atoms with Crippen LogP contribution in [0.5, 0.6) is 0 Å². The van der Waals surface area contributed by atoms with Gasteiger partial charge in [-0.25, -0.2) is 4.98 Å². The van der Waals surface area contributed by atoms with Crippen molar-refractivity contribution in [3.63, 3.8) is 0 Å². The number of nitrogens with zero attached hydrogens (tertiary/aromatic N) is 3. The highest BCUT2D eigenvalue weighted by atomic mass is 16.3. The van der Waals surface area contributed by atoms with Crippen LogP contribution in [0.4, 0.5) is 0 Å². The van der Waals surface area contributed by atoms with Crippen molar-refractivity contribution in [2.24, 2.45) is 0 Å². The zero-order chi connectivity index (χ0) is 37.2. The van der Waals surface area contributed by atoms with Gasteiger partial charge in [-0.15, -0.1) is 0 Å². The number of rotatable bonds is 3. The fraction of sp³-hybridized carbons (Fsp3) is 0. The van der Waals surface area contributed by atoms with E-state index in [-0.39, 0.29) is 0 Å². The molecule has 13 aromatic rings. The summed E-state index contributed by atoms with van der Waals surface area (Å²) in [5, 5.41) is 14.3. The summed E-state index contributed by atoms with van der Waals surface area (Å²) in [6.07, 6.45) is 0. The van der Waals surface area contributed by atoms with Gasteiger partial charge in [-0.3, -0.25) is 4.57 Å². The van der Waals surface area contributed by atoms with Gasteiger partial charge in [-0.2, -0.15) is 0 Å². The molecule has 4 heteroatoms. The minimum Gasteiger partial charge on any atom is -0.439 e. The first kappa shape index (κ1) is 30.6. The predicted molar refractivity (Wildman–Crippen MR) is 238 cm³/mol. The van der Waals surface area contributed by atoms with Gasteiger partial charge in [0.05, 0.1) is 33.1 Å². The van der Waals surface area contributed by atoms with Gasteiger partial charge < -0.3 is 8.98 Å². The summed E-state index contributed by atoms with van der Waals surface area (Å²) in [7, 11) is 0. The second-order valence-corrected chi connectivity index (χ2v) is 15.1. The van der Waals surface area contributed by atoms with E-state index in [1.165, 1.54) is 54.1 Å². The lowest BCUT2D eigenvalue weighted by Crippen LogP contribution is -1.96. The first-order chi connectivity index (χ1) is 28.3. The maximum absolute atomic E-state index is 6.85. The summed E-state index contributed by atoms with van der Waals surface area (Å²) in [5.74, 6) is 0. The van der Waals surface area contributed by atoms with Crippen molar-refractivity contribution in [2.75, 3.05) is 0 Å². The van der Waals surface area contributed by atoms with E-state index in [4.69, 9.17) is 9.40 Å². The number of hydrogen-bond acceptors (Lipinski definition) is 2. The summed E-state index contributed by atoms with van der Waals surface area (Å²) < 4.78 is 11.6. The van der Waals surface area contributed by atoms with Crippen molar-refractivity contribution >= 4 is 98.0 Å². The monoisotopic (exact) mass is 725 g/mol. The Hall–Kier alpha value is -7.69. The summed E-state index contributed by atoms with van der Waals surface area (Å²) >= 11 is 0. The maximum atomic E-state index is 6.85. The highest BCUT2D eigenvalue weighted by Gasteiger charge is 2.24. The topological polar surface area (TPSA) is 35.9 Å². The molecule has 4 aromatic heterocycles. The summed E-state index contributed by atoms with van der Waals surface area (Å²) in [6.45, 7) is 0. The molecule has 4 heterocycles. The third-order valence-electron chi connectivity index (χ3n) is 12.0. The van der Waals surface area contributed by atoms with Gasteiger partial charge in [0, 0.05) is 54.6 Å². The molecule has 0 N–H and O–H groups in total. The van der Waals surface area contributed by atoms with Gasteiger partial charge in [0.15, 0.2) is 0 Å². The van der Waals surface area contributed by atoms with Gasteiger partial charge >= 0.3 is 0 Å². The van der Waals surface area contributed by atoms with Gasteiger partial charge in [0.2, 0.25) is 5.71 Å². The lowest BCUT2D eigenvalue weighted by Gasteiger charge is -2.17. The molecule has 0 saturated heterocycles. The Morgan fingerprint density at radius 3 is 1.75 bits per heavy atom. The minimum atomic E-state index is 0.833. The zero-order valence-corrected chi connectivity index (χ0v) is 30.6. The van der Waals surface area contributed by atoms with Crippen molar-refractivity contribution in [1.82, 2.24) is 14.1 Å². The van der Waals surface area contributed by atoms with Crippen LogP contribution in [0.2, 0.25) is 0 Å². The lowest BCUT2D eigenvalue weighted by molar-refractivity contribution is 0.645. The molecule has 0 saturated carbocycles. The molecule has 0 atom stereocenters. The number of para-hydroxylation sites is 4. The highest BCUT2D eigenvalue weighted by molar-refractivity contribution is 6.33. The van der Waals surface area contributed by atoms with Crippen LogP contribution in [0.1, 0.15) is 0 Å². The number of hydrogen-bond donors (Lipinski definition) is 0. The summed E-state index contributed by atoms with van der Waals surface area (Å²) in [4.78, 5) is 5.48. The van der Waals surface area contributed by atoms with E-state index in [9.17, 15) is 0 Å². The normalized spacial score (nSPS) is 12.2. The standard InChI is InChI=1S/C53H31N3O/c1-2-16-33(17-3-1)55-45-27-12-9-21-37(45)42-30-47-43(31-46(42)55)50-41-25-10-13-28-48(41)57-53(50)56(47)34-18-14-15-32(29-34)52-51-39-23-7-5-20-36(39)35-19-4-6-22-38(35)49(51)40-24-8-11-26-44(40)54-52/h1-31H. The zero-order valence-electron chi connectivity index (χ0n) is 30.6. The number of aromatic nitrogens is 3. The molecule has 57 heavy (non-hydrogen) atoms. The molecule has 0 bridgehead atoms. The summed E-state index contributed by atoms with van der Waals surface area (Å²) in [6, 6.07) is 67.5. The Balaban J connectivity index is 1.15. The molecule has 0 radical (unpaired) electrons. The smallest absolute Gasteiger partial charge is 0.213 e. The molecule has 264 valence electrons. The van der Waals surface area contributed by atoms with Crippen molar-refractivity contribution in [1.29, 1.82) is 0 Å². The first-order valence-electron chi connectivity index (χ1n) is 19.5. The van der Waals surface area contributed by atoms with Crippen LogP contribution in [0.25, 0.3) is 121 Å². The molecule has 0 aliphatic rings. The van der Waals surface area contributed by atoms with E-state index in [2.05, 4.69) is 191 Å². The van der Waals surface area contributed by atoms with Crippen molar-refractivity contribution in [3.8, 4) is 22.6 Å². The van der Waals surface area contributed by atoms with E-state index in [0.29, 0.717) is 0 Å². The molecule has 0 aliphatic heterocycles. The third-order valence-corrected chi connectivity index (χ3v) is 12.0. The van der Waals surface area contributed by atoms with Crippen LogP contribution in [0.3, 0.4) is 0 Å². The molecule has 0 unspecified atom stereocenters. The van der Waals surface area contributed by atoms with E-state index in [1.54, 1.807) is 0 Å². The molecule has 0 spiro atoms. The first-order valence-corrected chi connectivity index (χ1v) is 19.5. The van der Waals surface area contributed by atoms with Gasteiger partial charge in [-0.1, -0.05) is 133 Å². The van der Waals surface area contributed by atoms with Gasteiger partial charge in [0.25, 0.3) is 0 Å². The Morgan fingerprint density at radius 2 is 0.947 bits per heavy atom. The predicted octanol–water partition coefficient (Wildman–Crippen LogP) is 14.3. The van der Waals surface area contributed by atoms with Crippen LogP contribution in [-0.4, -0.2) is 14.1 Å². The Morgan fingerprint density at radius 1 is 0.351 bits per heavy atom. The Bertz CT molecular complexity index is 3810. The second-order valence-electron chi connectivity index (χ2n) is 15.1. The molecule has 13 rings (SSSR count). The molecular weight excluding hydrogens is 695 g/mol. The second kappa shape index (κ2) is 11.4. The molecular formula is C53H31N3O. The SMILES string of the molecule is c1ccc(-n2c3ccccc3c3cc4c(cc32)c2c3ccccc3oc2n4-c2cccc(-c3nc4ccccc4c4c5ccccc5c5ccccc5c34)c2)cc1. The Labute approximate surface area is 326 Å². The van der Waals surface area contributed by atoms with E-state index in [1.807, 2.05) is 6.07 Å². The van der Waals surface area contributed by atoms with Crippen molar-refractivity contribution in [2.45, 2.75) is 0 Å². The molecule has 0 aliphatic carbocycles. The summed E-state index contributed by atoms with van der Waals surface area (Å²) in [5.41, 5.74) is 10.3. The fourth-order valence-corrected chi connectivity index (χ4v) is 9.69. The van der Waals surface area contributed by atoms with Gasteiger partial charge in [0.1, 0.15) is 5.58 Å². The van der Waals surface area contributed by atoms with Crippen LogP contribution < -0.4 is 0 Å². The number of fused-ring (bicyclic) bond motifs is 16. The van der Waals surface area contributed by atoms with Crippen LogP contribution in [0, 0.1) is 0 Å². The van der Waals surface area contributed by atoms with E-state index >= 15 is 0 Å². The molecule has 0 amide bonds. The largest absolute Gasteiger partial charge is 0.439 e. The molecule has 9 aromatic carbocycles. The van der Waals surface area contributed by atoms with E-state index < -0.39 is 0 Å². The average Bonchev–Trinajstić information content (AvgIpc) is 3.92. The average molecular weight is 726 g/mol.